The van der Waals surface area contributed by atoms with Gasteiger partial charge in [0.05, 0.1) is 11.5 Å². The van der Waals surface area contributed by atoms with Crippen LogP contribution in [-0.2, 0) is 21.3 Å². The minimum absolute atomic E-state index is 0.262. The van der Waals surface area contributed by atoms with Crippen molar-refractivity contribution in [2.24, 2.45) is 0 Å². The maximum Gasteiger partial charge on any atom is 0.158 e. The molecule has 0 amide bonds. The highest BCUT2D eigenvalue weighted by Gasteiger charge is 2.29. The first-order valence-electron chi connectivity index (χ1n) is 3.78. The Kier molecular flexibility index (Phi) is 1.60. The minimum Gasteiger partial charge on any atom is -0.228 e. The Morgan fingerprint density at radius 2 is 1.50 bits per heavy atom. The van der Waals surface area contributed by atoms with Crippen LogP contribution in [0.3, 0.4) is 0 Å². The molecule has 0 unspecified atom stereocenters. The van der Waals surface area contributed by atoms with Crippen molar-refractivity contribution >= 4 is 21.2 Å². The van der Waals surface area contributed by atoms with E-state index in [2.05, 4.69) is 0 Å². The quantitative estimate of drug-likeness (QED) is 0.643. The normalized spacial score (nSPS) is 19.5. The van der Waals surface area contributed by atoms with Crippen molar-refractivity contribution in [2.75, 3.05) is 0 Å². The van der Waals surface area contributed by atoms with Gasteiger partial charge in [-0.1, -0.05) is 0 Å². The SMILES string of the molecule is Cc1sc(C)c2c1CS(=O)(=O)C2. The Morgan fingerprint density at radius 1 is 1.08 bits per heavy atom. The molecule has 0 aromatic carbocycles. The maximum atomic E-state index is 11.3. The van der Waals surface area contributed by atoms with Crippen LogP contribution in [0.5, 0.6) is 0 Å². The van der Waals surface area contributed by atoms with E-state index in [1.54, 1.807) is 11.3 Å². The molecule has 0 spiro atoms. The summed E-state index contributed by atoms with van der Waals surface area (Å²) in [6, 6.07) is 0. The molecule has 4 heteroatoms. The Labute approximate surface area is 76.2 Å². The molecule has 2 rings (SSSR count). The first kappa shape index (κ1) is 8.26. The van der Waals surface area contributed by atoms with Crippen molar-refractivity contribution in [3.63, 3.8) is 0 Å². The molecule has 0 radical (unpaired) electrons. The summed E-state index contributed by atoms with van der Waals surface area (Å²) in [5.41, 5.74) is 2.13. The van der Waals surface area contributed by atoms with E-state index in [1.807, 2.05) is 13.8 Å². The molecule has 0 bridgehead atoms. The van der Waals surface area contributed by atoms with Crippen LogP contribution in [0, 0.1) is 13.8 Å². The zero-order chi connectivity index (χ0) is 8.93. The van der Waals surface area contributed by atoms with E-state index in [0.717, 1.165) is 11.1 Å². The van der Waals surface area contributed by atoms with Crippen molar-refractivity contribution in [1.82, 2.24) is 0 Å². The monoisotopic (exact) mass is 202 g/mol. The van der Waals surface area contributed by atoms with Gasteiger partial charge in [-0.2, -0.15) is 0 Å². The average Bonchev–Trinajstić information content (AvgIpc) is 2.34. The van der Waals surface area contributed by atoms with Gasteiger partial charge in [0.1, 0.15) is 0 Å². The van der Waals surface area contributed by atoms with Crippen LogP contribution in [0.15, 0.2) is 0 Å². The minimum atomic E-state index is -2.80. The molecule has 12 heavy (non-hydrogen) atoms. The van der Waals surface area contributed by atoms with E-state index in [1.165, 1.54) is 9.75 Å². The number of rotatable bonds is 0. The van der Waals surface area contributed by atoms with Gasteiger partial charge in [0.2, 0.25) is 0 Å². The molecule has 0 atom stereocenters. The van der Waals surface area contributed by atoms with Gasteiger partial charge in [0.25, 0.3) is 0 Å². The van der Waals surface area contributed by atoms with E-state index in [9.17, 15) is 8.42 Å². The van der Waals surface area contributed by atoms with Crippen molar-refractivity contribution in [3.8, 4) is 0 Å². The van der Waals surface area contributed by atoms with E-state index < -0.39 is 9.84 Å². The lowest BCUT2D eigenvalue weighted by Gasteiger charge is -1.90. The van der Waals surface area contributed by atoms with Gasteiger partial charge >= 0.3 is 0 Å². The summed E-state index contributed by atoms with van der Waals surface area (Å²) in [5.74, 6) is 0.525. The molecule has 1 aliphatic rings. The summed E-state index contributed by atoms with van der Waals surface area (Å²) in [6.07, 6.45) is 0. The Bertz CT molecular complexity index is 394. The zero-order valence-corrected chi connectivity index (χ0v) is 8.68. The predicted molar refractivity (Wildman–Crippen MR) is 50.1 cm³/mol. The van der Waals surface area contributed by atoms with E-state index in [0.29, 0.717) is 0 Å². The standard InChI is InChI=1S/C8H10O2S2/c1-5-7-3-12(9,10)4-8(7)6(2)11-5/h3-4H2,1-2H3. The summed E-state index contributed by atoms with van der Waals surface area (Å²) < 4.78 is 22.5. The van der Waals surface area contributed by atoms with Crippen molar-refractivity contribution in [1.29, 1.82) is 0 Å². The van der Waals surface area contributed by atoms with Gasteiger partial charge in [-0.15, -0.1) is 11.3 Å². The zero-order valence-electron chi connectivity index (χ0n) is 7.05. The third-order valence-corrected chi connectivity index (χ3v) is 4.81. The molecule has 1 aromatic heterocycles. The molecule has 0 N–H and O–H groups in total. The first-order valence-corrected chi connectivity index (χ1v) is 6.41. The molecule has 0 aliphatic carbocycles. The highest BCUT2D eigenvalue weighted by molar-refractivity contribution is 7.90. The van der Waals surface area contributed by atoms with Crippen LogP contribution in [0.25, 0.3) is 0 Å². The Hall–Kier alpha value is -0.350. The molecule has 66 valence electrons. The Balaban J connectivity index is 2.64. The van der Waals surface area contributed by atoms with E-state index in [-0.39, 0.29) is 11.5 Å². The first-order chi connectivity index (χ1) is 5.49. The number of fused-ring (bicyclic) bond motifs is 1. The smallest absolute Gasteiger partial charge is 0.158 e. The number of hydrogen-bond acceptors (Lipinski definition) is 3. The second kappa shape index (κ2) is 2.33. The van der Waals surface area contributed by atoms with Crippen LogP contribution in [0.1, 0.15) is 20.9 Å². The fraction of sp³-hybridized carbons (Fsp3) is 0.500. The largest absolute Gasteiger partial charge is 0.228 e. The number of sulfone groups is 1. The van der Waals surface area contributed by atoms with Gasteiger partial charge in [0.15, 0.2) is 9.84 Å². The lowest BCUT2D eigenvalue weighted by molar-refractivity contribution is 0.598. The van der Waals surface area contributed by atoms with E-state index >= 15 is 0 Å². The molecule has 1 aromatic rings. The number of aryl methyl sites for hydroxylation is 2. The number of thiophene rings is 1. The lowest BCUT2D eigenvalue weighted by Crippen LogP contribution is -1.96. The molecule has 2 nitrogen and oxygen atoms in total. The average molecular weight is 202 g/mol. The van der Waals surface area contributed by atoms with Crippen LogP contribution in [0.2, 0.25) is 0 Å². The second-order valence-electron chi connectivity index (χ2n) is 3.20. The fourth-order valence-corrected chi connectivity index (χ4v) is 4.69. The molecule has 2 heterocycles. The van der Waals surface area contributed by atoms with Crippen molar-refractivity contribution in [3.05, 3.63) is 20.9 Å². The summed E-state index contributed by atoms with van der Waals surface area (Å²) in [6.45, 7) is 3.99. The topological polar surface area (TPSA) is 34.1 Å². The lowest BCUT2D eigenvalue weighted by atomic mass is 10.2. The van der Waals surface area contributed by atoms with Crippen LogP contribution in [-0.4, -0.2) is 8.42 Å². The molecule has 0 saturated carbocycles. The fourth-order valence-electron chi connectivity index (χ4n) is 1.65. The second-order valence-corrected chi connectivity index (χ2v) is 6.70. The highest BCUT2D eigenvalue weighted by Crippen LogP contribution is 2.35. The highest BCUT2D eigenvalue weighted by atomic mass is 32.2. The van der Waals surface area contributed by atoms with Crippen LogP contribution < -0.4 is 0 Å². The van der Waals surface area contributed by atoms with E-state index in [4.69, 9.17) is 0 Å². The van der Waals surface area contributed by atoms with Gasteiger partial charge in [-0.3, -0.25) is 0 Å². The third-order valence-electron chi connectivity index (χ3n) is 2.25. The summed E-state index contributed by atoms with van der Waals surface area (Å²) in [7, 11) is -2.80. The van der Waals surface area contributed by atoms with Gasteiger partial charge in [-0.05, 0) is 25.0 Å². The molecule has 0 saturated heterocycles. The molecular weight excluding hydrogens is 192 g/mol. The van der Waals surface area contributed by atoms with Gasteiger partial charge < -0.3 is 0 Å². The summed E-state index contributed by atoms with van der Waals surface area (Å²) in [5, 5.41) is 0. The molecule has 0 fully saturated rings. The van der Waals surface area contributed by atoms with Crippen molar-refractivity contribution in [2.45, 2.75) is 25.4 Å². The molecular formula is C8H10O2S2. The van der Waals surface area contributed by atoms with Crippen LogP contribution >= 0.6 is 11.3 Å². The van der Waals surface area contributed by atoms with Gasteiger partial charge in [0, 0.05) is 9.75 Å². The summed E-state index contributed by atoms with van der Waals surface area (Å²) >= 11 is 1.71. The van der Waals surface area contributed by atoms with Crippen LogP contribution in [0.4, 0.5) is 0 Å². The molecule has 1 aliphatic heterocycles. The van der Waals surface area contributed by atoms with Gasteiger partial charge in [-0.25, -0.2) is 8.42 Å². The predicted octanol–water partition coefficient (Wildman–Crippen LogP) is 1.79. The number of hydrogen-bond donors (Lipinski definition) is 0. The van der Waals surface area contributed by atoms with Crippen molar-refractivity contribution < 1.29 is 8.42 Å². The summed E-state index contributed by atoms with van der Waals surface area (Å²) in [4.78, 5) is 2.34. The Morgan fingerprint density at radius 3 is 1.92 bits per heavy atom. The maximum absolute atomic E-state index is 11.3. The third kappa shape index (κ3) is 1.10.